The van der Waals surface area contributed by atoms with Gasteiger partial charge in [-0.2, -0.15) is 0 Å². The van der Waals surface area contributed by atoms with Crippen LogP contribution >= 0.6 is 0 Å². The lowest BCUT2D eigenvalue weighted by Gasteiger charge is -2.30. The van der Waals surface area contributed by atoms with Crippen LogP contribution in [-0.2, 0) is 29.1 Å². The molecule has 5 N–H and O–H groups in total. The third-order valence-corrected chi connectivity index (χ3v) is 5.06. The van der Waals surface area contributed by atoms with E-state index in [2.05, 4.69) is 10.9 Å². The van der Waals surface area contributed by atoms with Crippen molar-refractivity contribution in [2.24, 2.45) is 5.14 Å². The Morgan fingerprint density at radius 2 is 1.30 bits per heavy atom. The van der Waals surface area contributed by atoms with Gasteiger partial charge in [-0.05, 0) is 65.8 Å². The van der Waals surface area contributed by atoms with Crippen molar-refractivity contribution in [2.45, 2.75) is 57.6 Å². The molecule has 1 aromatic carbocycles. The summed E-state index contributed by atoms with van der Waals surface area (Å²) < 4.78 is 33.2. The van der Waals surface area contributed by atoms with Crippen LogP contribution in [0.2, 0.25) is 0 Å². The topological polar surface area (TPSA) is 198 Å². The number of carbonyl (C=O) groups excluding carboxylic acids is 3. The molecule has 0 radical (unpaired) electrons. The summed E-state index contributed by atoms with van der Waals surface area (Å²) in [6, 6.07) is 5.22. The Labute approximate surface area is 216 Å². The van der Waals surface area contributed by atoms with Gasteiger partial charge >= 0.3 is 18.2 Å². The van der Waals surface area contributed by atoms with Gasteiger partial charge in [-0.25, -0.2) is 23.1 Å². The van der Waals surface area contributed by atoms with Crippen LogP contribution in [0.5, 0.6) is 0 Å². The van der Waals surface area contributed by atoms with Crippen LogP contribution in [0.15, 0.2) is 29.2 Å². The first-order chi connectivity index (χ1) is 16.8. The highest BCUT2D eigenvalue weighted by Gasteiger charge is 2.28. The molecular weight excluding hydrogens is 510 g/mol. The lowest BCUT2D eigenvalue weighted by molar-refractivity contribution is -0.138. The number of anilines is 1. The molecule has 1 rings (SSSR count). The van der Waals surface area contributed by atoms with Crippen molar-refractivity contribution in [3.63, 3.8) is 0 Å². The Bertz CT molecular complexity index is 1080. The third kappa shape index (κ3) is 12.8. The van der Waals surface area contributed by atoms with E-state index in [1.807, 2.05) is 0 Å². The van der Waals surface area contributed by atoms with Crippen LogP contribution in [0.1, 0.15) is 41.5 Å². The average Bonchev–Trinajstić information content (AvgIpc) is 2.71. The number of ether oxygens (including phenoxy) is 2. The standard InChI is InChI=1S/C22H35N5O9S/c1-21(2,3)35-19(31)26(11-12-27(14-18(29)30)20(32)36-22(4,5)6)13-17(28)25-24-15-7-9-16(10-8-15)37(23,33)34/h7-10,24H,11-14H2,1-6H3,(H,25,28)(H,29,30)(H2,23,33,34). The van der Waals surface area contributed by atoms with E-state index in [0.29, 0.717) is 5.69 Å². The van der Waals surface area contributed by atoms with Crippen LogP contribution in [0.3, 0.4) is 0 Å². The maximum absolute atomic E-state index is 12.7. The summed E-state index contributed by atoms with van der Waals surface area (Å²) in [4.78, 5) is 50.7. The van der Waals surface area contributed by atoms with Gasteiger partial charge in [0.1, 0.15) is 24.3 Å². The second kappa shape index (κ2) is 12.6. The van der Waals surface area contributed by atoms with Crippen LogP contribution in [0.25, 0.3) is 0 Å². The lowest BCUT2D eigenvalue weighted by atomic mass is 10.2. The predicted molar refractivity (Wildman–Crippen MR) is 133 cm³/mol. The van der Waals surface area contributed by atoms with Crippen LogP contribution in [0, 0.1) is 0 Å². The SMILES string of the molecule is CC(C)(C)OC(=O)N(CCN(CC(=O)NNc1ccc(S(N)(=O)=O)cc1)C(=O)OC(C)(C)C)CC(=O)O. The number of aliphatic carboxylic acids is 1. The number of carboxylic acids is 1. The van der Waals surface area contributed by atoms with Crippen molar-refractivity contribution >= 4 is 39.8 Å². The molecule has 208 valence electrons. The number of nitrogens with two attached hydrogens (primary N) is 1. The van der Waals surface area contributed by atoms with Crippen molar-refractivity contribution in [3.05, 3.63) is 24.3 Å². The van der Waals surface area contributed by atoms with E-state index < -0.39 is 58.4 Å². The second-order valence-corrected chi connectivity index (χ2v) is 11.5. The highest BCUT2D eigenvalue weighted by molar-refractivity contribution is 7.89. The lowest BCUT2D eigenvalue weighted by Crippen LogP contribution is -2.49. The van der Waals surface area contributed by atoms with Gasteiger partial charge in [-0.15, -0.1) is 0 Å². The third-order valence-electron chi connectivity index (χ3n) is 4.13. The number of nitrogens with one attached hydrogen (secondary N) is 2. The highest BCUT2D eigenvalue weighted by Crippen LogP contribution is 2.13. The number of nitrogens with zero attached hydrogens (tertiary/aromatic N) is 2. The summed E-state index contributed by atoms with van der Waals surface area (Å²) in [5.74, 6) is -1.96. The van der Waals surface area contributed by atoms with E-state index >= 15 is 0 Å². The second-order valence-electron chi connectivity index (χ2n) is 9.94. The normalized spacial score (nSPS) is 11.8. The van der Waals surface area contributed by atoms with Gasteiger partial charge in [0.05, 0.1) is 10.6 Å². The molecule has 0 atom stereocenters. The zero-order chi connectivity index (χ0) is 28.6. The quantitative estimate of drug-likeness (QED) is 0.311. The average molecular weight is 546 g/mol. The Morgan fingerprint density at radius 3 is 1.68 bits per heavy atom. The number of rotatable bonds is 10. The molecule has 14 nitrogen and oxygen atoms in total. The molecule has 0 aliphatic carbocycles. The zero-order valence-corrected chi connectivity index (χ0v) is 22.5. The molecule has 0 fully saturated rings. The number of benzene rings is 1. The summed E-state index contributed by atoms with van der Waals surface area (Å²) in [6.45, 7) is 8.08. The van der Waals surface area contributed by atoms with Gasteiger partial charge in [0.25, 0.3) is 5.91 Å². The van der Waals surface area contributed by atoms with Crippen molar-refractivity contribution in [2.75, 3.05) is 31.6 Å². The van der Waals surface area contributed by atoms with Crippen LogP contribution in [0.4, 0.5) is 15.3 Å². The van der Waals surface area contributed by atoms with E-state index in [0.717, 1.165) is 9.80 Å². The largest absolute Gasteiger partial charge is 0.480 e. The maximum Gasteiger partial charge on any atom is 0.410 e. The van der Waals surface area contributed by atoms with Gasteiger partial charge in [0.15, 0.2) is 0 Å². The minimum Gasteiger partial charge on any atom is -0.480 e. The molecule has 3 amide bonds. The Hall–Kier alpha value is -3.59. The highest BCUT2D eigenvalue weighted by atomic mass is 32.2. The van der Waals surface area contributed by atoms with Crippen molar-refractivity contribution < 1.29 is 42.2 Å². The smallest absolute Gasteiger partial charge is 0.410 e. The molecule has 15 heteroatoms. The Kier molecular flexibility index (Phi) is 10.7. The zero-order valence-electron chi connectivity index (χ0n) is 21.7. The number of sulfonamides is 1. The monoisotopic (exact) mass is 545 g/mol. The minimum atomic E-state index is -3.88. The number of hydrogen-bond donors (Lipinski definition) is 4. The first-order valence-electron chi connectivity index (χ1n) is 11.1. The van der Waals surface area contributed by atoms with E-state index in [9.17, 15) is 32.7 Å². The fourth-order valence-corrected chi connectivity index (χ4v) is 3.13. The molecule has 0 saturated carbocycles. The molecule has 0 heterocycles. The number of carboxylic acid groups (broad SMARTS) is 1. The fraction of sp³-hybridized carbons (Fsp3) is 0.545. The Morgan fingerprint density at radius 1 is 0.865 bits per heavy atom. The fourth-order valence-electron chi connectivity index (χ4n) is 2.61. The number of hydrogen-bond acceptors (Lipinski definition) is 9. The summed E-state index contributed by atoms with van der Waals surface area (Å²) in [5, 5.41) is 14.2. The number of amides is 3. The minimum absolute atomic E-state index is 0.114. The van der Waals surface area contributed by atoms with Crippen molar-refractivity contribution in [3.8, 4) is 0 Å². The Balaban J connectivity index is 2.93. The molecule has 0 aromatic heterocycles. The van der Waals surface area contributed by atoms with E-state index in [4.69, 9.17) is 14.6 Å². The summed E-state index contributed by atoms with van der Waals surface area (Å²) >= 11 is 0. The molecule has 0 bridgehead atoms. The molecule has 0 spiro atoms. The van der Waals surface area contributed by atoms with Crippen molar-refractivity contribution in [1.29, 1.82) is 0 Å². The summed E-state index contributed by atoms with van der Waals surface area (Å²) in [5.41, 5.74) is 3.50. The van der Waals surface area contributed by atoms with Gasteiger partial charge in [0, 0.05) is 13.1 Å². The number of carbonyl (C=O) groups is 4. The summed E-state index contributed by atoms with van der Waals surface area (Å²) in [7, 11) is -3.88. The number of primary sulfonamides is 1. The predicted octanol–water partition coefficient (Wildman–Crippen LogP) is 1.34. The molecule has 0 aliphatic rings. The molecule has 0 unspecified atom stereocenters. The maximum atomic E-state index is 12.7. The van der Waals surface area contributed by atoms with Crippen LogP contribution in [-0.4, -0.2) is 84.8 Å². The van der Waals surface area contributed by atoms with E-state index in [1.54, 1.807) is 41.5 Å². The van der Waals surface area contributed by atoms with E-state index in [-0.39, 0.29) is 18.0 Å². The molecule has 37 heavy (non-hydrogen) atoms. The van der Waals surface area contributed by atoms with Crippen molar-refractivity contribution in [1.82, 2.24) is 15.2 Å². The first-order valence-corrected chi connectivity index (χ1v) is 12.7. The molecule has 0 aliphatic heterocycles. The van der Waals surface area contributed by atoms with Gasteiger partial charge in [-0.3, -0.25) is 30.2 Å². The number of hydrazine groups is 1. The van der Waals surface area contributed by atoms with Gasteiger partial charge < -0.3 is 14.6 Å². The molecular formula is C22H35N5O9S. The van der Waals surface area contributed by atoms with E-state index in [1.165, 1.54) is 24.3 Å². The van der Waals surface area contributed by atoms with Gasteiger partial charge in [0.2, 0.25) is 10.0 Å². The molecule has 1 aromatic rings. The van der Waals surface area contributed by atoms with Crippen LogP contribution < -0.4 is 16.0 Å². The molecule has 0 saturated heterocycles. The summed E-state index contributed by atoms with van der Waals surface area (Å²) in [6.07, 6.45) is -1.76. The van der Waals surface area contributed by atoms with Gasteiger partial charge in [-0.1, -0.05) is 0 Å². The first kappa shape index (κ1) is 31.4.